The minimum atomic E-state index is -0.435. The number of nitrogens with zero attached hydrogens (tertiary/aromatic N) is 3. The molecule has 0 saturated carbocycles. The Labute approximate surface area is 156 Å². The third-order valence-corrected chi connectivity index (χ3v) is 4.90. The van der Waals surface area contributed by atoms with E-state index in [1.54, 1.807) is 12.1 Å². The molecule has 2 aromatic carbocycles. The van der Waals surface area contributed by atoms with Gasteiger partial charge in [-0.3, -0.25) is 10.1 Å². The Morgan fingerprint density at radius 2 is 1.89 bits per heavy atom. The Morgan fingerprint density at radius 1 is 1.11 bits per heavy atom. The molecule has 0 aliphatic heterocycles. The van der Waals surface area contributed by atoms with Gasteiger partial charge in [-0.25, -0.2) is 0 Å². The number of aromatic nitrogens is 2. The highest BCUT2D eigenvalue weighted by Crippen LogP contribution is 2.31. The number of anilines is 1. The smallest absolute Gasteiger partial charge is 0.269 e. The van der Waals surface area contributed by atoms with E-state index in [0.717, 1.165) is 18.5 Å². The lowest BCUT2D eigenvalue weighted by Gasteiger charge is -2.21. The van der Waals surface area contributed by atoms with Crippen LogP contribution in [0.1, 0.15) is 42.8 Å². The maximum absolute atomic E-state index is 10.8. The van der Waals surface area contributed by atoms with Crippen molar-refractivity contribution in [2.45, 2.75) is 38.6 Å². The highest BCUT2D eigenvalue weighted by atomic mass is 16.6. The van der Waals surface area contributed by atoms with Gasteiger partial charge in [-0.15, -0.1) is 10.2 Å². The molecule has 0 bridgehead atoms. The molecular formula is C20H20N4O3. The van der Waals surface area contributed by atoms with Crippen LogP contribution in [0.4, 0.5) is 11.4 Å². The predicted molar refractivity (Wildman–Crippen MR) is 102 cm³/mol. The van der Waals surface area contributed by atoms with Gasteiger partial charge in [-0.1, -0.05) is 12.1 Å². The van der Waals surface area contributed by atoms with Gasteiger partial charge >= 0.3 is 0 Å². The van der Waals surface area contributed by atoms with Crippen LogP contribution < -0.4 is 5.32 Å². The summed E-state index contributed by atoms with van der Waals surface area (Å²) in [5, 5.41) is 22.5. The fourth-order valence-corrected chi connectivity index (χ4v) is 3.46. The van der Waals surface area contributed by atoms with Crippen LogP contribution in [0.2, 0.25) is 0 Å². The van der Waals surface area contributed by atoms with Crippen LogP contribution in [0, 0.1) is 10.1 Å². The quantitative estimate of drug-likeness (QED) is 0.521. The standard InChI is InChI=1S/C20H20N4O3/c1-13(21-18-8-4-6-14-5-2-3-7-17(14)18)19-22-23-20(27-19)15-9-11-16(12-10-15)24(25)26/h4,6,8-13,21H,2-3,5,7H2,1H3/t13-/m1/s1. The summed E-state index contributed by atoms with van der Waals surface area (Å²) in [5.41, 5.74) is 4.60. The second-order valence-electron chi connectivity index (χ2n) is 6.77. The molecule has 7 heteroatoms. The second kappa shape index (κ2) is 7.19. The first kappa shape index (κ1) is 17.2. The molecule has 1 aromatic heterocycles. The monoisotopic (exact) mass is 364 g/mol. The number of aryl methyl sites for hydroxylation is 1. The molecule has 1 N–H and O–H groups in total. The van der Waals surface area contributed by atoms with Crippen molar-refractivity contribution in [2.75, 3.05) is 5.32 Å². The molecule has 0 spiro atoms. The normalized spacial score (nSPS) is 14.4. The van der Waals surface area contributed by atoms with Crippen LogP contribution >= 0.6 is 0 Å². The van der Waals surface area contributed by atoms with Crippen LogP contribution in [-0.4, -0.2) is 15.1 Å². The predicted octanol–water partition coefficient (Wildman–Crippen LogP) is 4.70. The summed E-state index contributed by atoms with van der Waals surface area (Å²) in [6.07, 6.45) is 4.67. The topological polar surface area (TPSA) is 94.1 Å². The SMILES string of the molecule is C[C@@H](Nc1cccc2c1CCCC2)c1nnc(-c2ccc([N+](=O)[O-])cc2)o1. The summed E-state index contributed by atoms with van der Waals surface area (Å²) in [7, 11) is 0. The van der Waals surface area contributed by atoms with E-state index in [2.05, 4.69) is 33.7 Å². The van der Waals surface area contributed by atoms with E-state index in [0.29, 0.717) is 17.3 Å². The first-order valence-corrected chi connectivity index (χ1v) is 9.07. The van der Waals surface area contributed by atoms with Crippen molar-refractivity contribution >= 4 is 11.4 Å². The lowest BCUT2D eigenvalue weighted by atomic mass is 9.90. The van der Waals surface area contributed by atoms with E-state index in [-0.39, 0.29) is 11.7 Å². The molecule has 0 fully saturated rings. The molecule has 27 heavy (non-hydrogen) atoms. The molecule has 0 amide bonds. The van der Waals surface area contributed by atoms with E-state index in [9.17, 15) is 10.1 Å². The first-order chi connectivity index (χ1) is 13.1. The molecule has 1 heterocycles. The number of rotatable bonds is 5. The molecule has 0 unspecified atom stereocenters. The second-order valence-corrected chi connectivity index (χ2v) is 6.77. The van der Waals surface area contributed by atoms with Crippen molar-refractivity contribution in [2.24, 2.45) is 0 Å². The molecule has 138 valence electrons. The van der Waals surface area contributed by atoms with Crippen molar-refractivity contribution < 1.29 is 9.34 Å². The average Bonchev–Trinajstić information content (AvgIpc) is 3.19. The van der Waals surface area contributed by atoms with E-state index in [1.165, 1.54) is 36.1 Å². The molecule has 3 aromatic rings. The highest BCUT2D eigenvalue weighted by molar-refractivity contribution is 5.57. The summed E-state index contributed by atoms with van der Waals surface area (Å²) in [5.74, 6) is 0.834. The fraction of sp³-hybridized carbons (Fsp3) is 0.300. The molecule has 0 saturated heterocycles. The fourth-order valence-electron chi connectivity index (χ4n) is 3.46. The van der Waals surface area contributed by atoms with Crippen LogP contribution in [-0.2, 0) is 12.8 Å². The zero-order valence-corrected chi connectivity index (χ0v) is 15.0. The lowest BCUT2D eigenvalue weighted by Crippen LogP contribution is -2.12. The molecular weight excluding hydrogens is 344 g/mol. The minimum Gasteiger partial charge on any atom is -0.418 e. The van der Waals surface area contributed by atoms with Gasteiger partial charge in [0.2, 0.25) is 11.8 Å². The van der Waals surface area contributed by atoms with Gasteiger partial charge in [0.05, 0.1) is 4.92 Å². The van der Waals surface area contributed by atoms with E-state index in [1.807, 2.05) is 6.92 Å². The number of nitro benzene ring substituents is 1. The molecule has 0 radical (unpaired) electrons. The first-order valence-electron chi connectivity index (χ1n) is 9.07. The Morgan fingerprint density at radius 3 is 2.67 bits per heavy atom. The van der Waals surface area contributed by atoms with Crippen molar-refractivity contribution in [1.82, 2.24) is 10.2 Å². The maximum Gasteiger partial charge on any atom is 0.269 e. The summed E-state index contributed by atoms with van der Waals surface area (Å²) in [4.78, 5) is 10.3. The van der Waals surface area contributed by atoms with Crippen molar-refractivity contribution in [3.63, 3.8) is 0 Å². The molecule has 4 rings (SSSR count). The van der Waals surface area contributed by atoms with E-state index >= 15 is 0 Å². The third-order valence-electron chi connectivity index (χ3n) is 4.90. The largest absolute Gasteiger partial charge is 0.418 e. The number of non-ortho nitro benzene ring substituents is 1. The van der Waals surface area contributed by atoms with Gasteiger partial charge in [0.25, 0.3) is 5.69 Å². The van der Waals surface area contributed by atoms with Gasteiger partial charge in [-0.05, 0) is 61.9 Å². The average molecular weight is 364 g/mol. The number of hydrogen-bond acceptors (Lipinski definition) is 6. The van der Waals surface area contributed by atoms with Gasteiger partial charge in [0, 0.05) is 23.4 Å². The Hall–Kier alpha value is -3.22. The Balaban J connectivity index is 1.52. The van der Waals surface area contributed by atoms with Crippen molar-refractivity contribution in [3.8, 4) is 11.5 Å². The summed E-state index contributed by atoms with van der Waals surface area (Å²) >= 11 is 0. The summed E-state index contributed by atoms with van der Waals surface area (Å²) in [6, 6.07) is 12.3. The van der Waals surface area contributed by atoms with Crippen molar-refractivity contribution in [1.29, 1.82) is 0 Å². The number of nitro groups is 1. The molecule has 1 aliphatic carbocycles. The number of nitrogens with one attached hydrogen (secondary N) is 1. The van der Waals surface area contributed by atoms with Gasteiger partial charge in [0.1, 0.15) is 6.04 Å². The van der Waals surface area contributed by atoms with Crippen LogP contribution in [0.5, 0.6) is 0 Å². The van der Waals surface area contributed by atoms with Gasteiger partial charge in [-0.2, -0.15) is 0 Å². The zero-order valence-electron chi connectivity index (χ0n) is 15.0. The van der Waals surface area contributed by atoms with E-state index < -0.39 is 4.92 Å². The van der Waals surface area contributed by atoms with Gasteiger partial charge in [0.15, 0.2) is 0 Å². The third kappa shape index (κ3) is 3.53. The maximum atomic E-state index is 10.8. The van der Waals surface area contributed by atoms with Crippen LogP contribution in [0.25, 0.3) is 11.5 Å². The molecule has 1 atom stereocenters. The Bertz CT molecular complexity index is 966. The zero-order chi connectivity index (χ0) is 18.8. The minimum absolute atomic E-state index is 0.0300. The van der Waals surface area contributed by atoms with Crippen molar-refractivity contribution in [3.05, 3.63) is 69.6 Å². The summed E-state index contributed by atoms with van der Waals surface area (Å²) < 4.78 is 5.79. The number of fused-ring (bicyclic) bond motifs is 1. The summed E-state index contributed by atoms with van der Waals surface area (Å²) in [6.45, 7) is 1.98. The number of benzene rings is 2. The number of hydrogen-bond donors (Lipinski definition) is 1. The van der Waals surface area contributed by atoms with Crippen LogP contribution in [0.15, 0.2) is 46.9 Å². The Kier molecular flexibility index (Phi) is 4.58. The van der Waals surface area contributed by atoms with Gasteiger partial charge < -0.3 is 9.73 Å². The molecule has 1 aliphatic rings. The van der Waals surface area contributed by atoms with E-state index in [4.69, 9.17) is 4.42 Å². The highest BCUT2D eigenvalue weighted by Gasteiger charge is 2.19. The van der Waals surface area contributed by atoms with Crippen LogP contribution in [0.3, 0.4) is 0 Å². The molecule has 7 nitrogen and oxygen atoms in total. The lowest BCUT2D eigenvalue weighted by molar-refractivity contribution is -0.384.